The van der Waals surface area contributed by atoms with Gasteiger partial charge in [-0.1, -0.05) is 60.6 Å². The topological polar surface area (TPSA) is 12.5 Å². The summed E-state index contributed by atoms with van der Waals surface area (Å²) >= 11 is 0. The van der Waals surface area contributed by atoms with Gasteiger partial charge >= 0.3 is 0 Å². The molecule has 1 aromatic rings. The van der Waals surface area contributed by atoms with Crippen LogP contribution in [0.5, 0.6) is 0 Å². The van der Waals surface area contributed by atoms with E-state index in [0.717, 1.165) is 32.7 Å². The maximum Gasteiger partial charge on any atom is 0.0594 e. The normalized spacial score (nSPS) is 17.1. The van der Waals surface area contributed by atoms with Gasteiger partial charge in [-0.2, -0.15) is 0 Å². The highest BCUT2D eigenvalue weighted by molar-refractivity contribution is 8.76. The fourth-order valence-corrected chi connectivity index (χ4v) is 4.67. The van der Waals surface area contributed by atoms with E-state index in [1.54, 1.807) is 0 Å². The van der Waals surface area contributed by atoms with Crippen molar-refractivity contribution in [2.45, 2.75) is 32.1 Å². The summed E-state index contributed by atoms with van der Waals surface area (Å²) in [4.78, 5) is 3.93. The average Bonchev–Trinajstić information content (AvgIpc) is 2.45. The predicted molar refractivity (Wildman–Crippen MR) is 95.2 cm³/mol. The molecule has 0 radical (unpaired) electrons. The van der Waals surface area contributed by atoms with Crippen molar-refractivity contribution in [2.24, 2.45) is 5.41 Å². The van der Waals surface area contributed by atoms with Crippen molar-refractivity contribution in [3.63, 3.8) is 0 Å². The molecule has 0 aliphatic carbocycles. The zero-order chi connectivity index (χ0) is 15.1. The maximum absolute atomic E-state index is 5.38. The third kappa shape index (κ3) is 6.64. The molecule has 0 saturated carbocycles. The molecule has 0 amide bonds. The van der Waals surface area contributed by atoms with Crippen LogP contribution in [0.4, 0.5) is 0 Å². The van der Waals surface area contributed by atoms with Crippen LogP contribution in [0.2, 0.25) is 0 Å². The molecule has 0 spiro atoms. The Kier molecular flexibility index (Phi) is 6.93. The van der Waals surface area contributed by atoms with Crippen LogP contribution < -0.4 is 0 Å². The fourth-order valence-electron chi connectivity index (χ4n) is 2.40. The van der Waals surface area contributed by atoms with Crippen LogP contribution in [0, 0.1) is 5.41 Å². The highest BCUT2D eigenvalue weighted by atomic mass is 33.1. The lowest BCUT2D eigenvalue weighted by molar-refractivity contribution is 0.0410. The molecule has 1 aliphatic rings. The lowest BCUT2D eigenvalue weighted by Gasteiger charge is -2.26. The summed E-state index contributed by atoms with van der Waals surface area (Å²) in [6, 6.07) is 8.84. The number of hydrogen-bond acceptors (Lipinski definition) is 4. The number of rotatable bonds is 6. The molecule has 1 aliphatic heterocycles. The Hall–Kier alpha value is -0.160. The Morgan fingerprint density at radius 1 is 1.14 bits per heavy atom. The Labute approximate surface area is 137 Å². The Balaban J connectivity index is 1.77. The molecule has 0 unspecified atom stereocenters. The summed E-state index contributed by atoms with van der Waals surface area (Å²) in [5.41, 5.74) is 1.82. The van der Waals surface area contributed by atoms with Gasteiger partial charge in [-0.3, -0.25) is 4.90 Å². The summed E-state index contributed by atoms with van der Waals surface area (Å²) in [6.45, 7) is 12.1. The molecule has 1 fully saturated rings. The molecule has 2 rings (SSSR count). The molecular weight excluding hydrogens is 298 g/mol. The first-order valence-electron chi connectivity index (χ1n) is 7.72. The van der Waals surface area contributed by atoms with Crippen molar-refractivity contribution in [1.82, 2.24) is 4.90 Å². The molecular formula is C17H27NOS2. The first-order valence-corrected chi connectivity index (χ1v) is 10.0. The SMILES string of the molecule is CC(C)(C)Cc1ccccc1SSCCN1CCOCC1. The number of benzene rings is 1. The molecule has 2 nitrogen and oxygen atoms in total. The molecule has 0 atom stereocenters. The second-order valence-corrected chi connectivity index (χ2v) is 9.16. The van der Waals surface area contributed by atoms with Crippen molar-refractivity contribution in [1.29, 1.82) is 0 Å². The molecule has 1 aromatic carbocycles. The minimum absolute atomic E-state index is 0.342. The number of ether oxygens (including phenoxy) is 1. The minimum atomic E-state index is 0.342. The summed E-state index contributed by atoms with van der Waals surface area (Å²) in [5, 5.41) is 0. The van der Waals surface area contributed by atoms with E-state index < -0.39 is 0 Å². The molecule has 1 saturated heterocycles. The number of morpholine rings is 1. The predicted octanol–water partition coefficient (Wildman–Crippen LogP) is 4.35. The Morgan fingerprint density at radius 2 is 1.86 bits per heavy atom. The Bertz CT molecular complexity index is 425. The van der Waals surface area contributed by atoms with Gasteiger partial charge in [0.05, 0.1) is 13.2 Å². The van der Waals surface area contributed by atoms with Gasteiger partial charge in [0.15, 0.2) is 0 Å². The smallest absolute Gasteiger partial charge is 0.0594 e. The van der Waals surface area contributed by atoms with Crippen LogP contribution in [0.15, 0.2) is 29.2 Å². The van der Waals surface area contributed by atoms with Gasteiger partial charge in [-0.15, -0.1) is 0 Å². The number of nitrogens with zero attached hydrogens (tertiary/aromatic N) is 1. The summed E-state index contributed by atoms with van der Waals surface area (Å²) in [6.07, 6.45) is 1.14. The summed E-state index contributed by atoms with van der Waals surface area (Å²) in [7, 11) is 3.91. The fraction of sp³-hybridized carbons (Fsp3) is 0.647. The van der Waals surface area contributed by atoms with E-state index in [-0.39, 0.29) is 0 Å². The van der Waals surface area contributed by atoms with Gasteiger partial charge in [-0.05, 0) is 23.5 Å². The van der Waals surface area contributed by atoms with Gasteiger partial charge in [0.2, 0.25) is 0 Å². The van der Waals surface area contributed by atoms with E-state index in [1.807, 2.05) is 21.6 Å². The number of hydrogen-bond donors (Lipinski definition) is 0. The monoisotopic (exact) mass is 325 g/mol. The first kappa shape index (κ1) is 17.2. The van der Waals surface area contributed by atoms with Gasteiger partial charge in [0.25, 0.3) is 0 Å². The van der Waals surface area contributed by atoms with E-state index in [0.29, 0.717) is 5.41 Å². The minimum Gasteiger partial charge on any atom is -0.379 e. The van der Waals surface area contributed by atoms with E-state index in [9.17, 15) is 0 Å². The van der Waals surface area contributed by atoms with Gasteiger partial charge in [0, 0.05) is 30.3 Å². The molecule has 0 bridgehead atoms. The van der Waals surface area contributed by atoms with E-state index >= 15 is 0 Å². The summed E-state index contributed by atoms with van der Waals surface area (Å²) in [5.74, 6) is 1.18. The second-order valence-electron chi connectivity index (χ2n) is 6.70. The third-order valence-corrected chi connectivity index (χ3v) is 5.87. The molecule has 4 heteroatoms. The Morgan fingerprint density at radius 3 is 2.57 bits per heavy atom. The zero-order valence-electron chi connectivity index (χ0n) is 13.4. The highest BCUT2D eigenvalue weighted by Gasteiger charge is 2.14. The molecule has 1 heterocycles. The van der Waals surface area contributed by atoms with Crippen LogP contribution in [0.1, 0.15) is 26.3 Å². The van der Waals surface area contributed by atoms with Gasteiger partial charge in [0.1, 0.15) is 0 Å². The average molecular weight is 326 g/mol. The van der Waals surface area contributed by atoms with E-state index in [1.165, 1.54) is 22.8 Å². The van der Waals surface area contributed by atoms with Gasteiger partial charge in [-0.25, -0.2) is 0 Å². The van der Waals surface area contributed by atoms with Gasteiger partial charge < -0.3 is 4.74 Å². The van der Waals surface area contributed by atoms with Crippen LogP contribution in [0.25, 0.3) is 0 Å². The molecule has 0 aromatic heterocycles. The van der Waals surface area contributed by atoms with Crippen LogP contribution in [-0.4, -0.2) is 43.5 Å². The zero-order valence-corrected chi connectivity index (χ0v) is 15.1. The third-order valence-electron chi connectivity index (χ3n) is 3.44. The van der Waals surface area contributed by atoms with Crippen molar-refractivity contribution in [3.8, 4) is 0 Å². The van der Waals surface area contributed by atoms with Crippen molar-refractivity contribution in [3.05, 3.63) is 29.8 Å². The highest BCUT2D eigenvalue weighted by Crippen LogP contribution is 2.35. The van der Waals surface area contributed by atoms with Crippen molar-refractivity contribution >= 4 is 21.6 Å². The van der Waals surface area contributed by atoms with Crippen molar-refractivity contribution in [2.75, 3.05) is 38.6 Å². The quantitative estimate of drug-likeness (QED) is 0.569. The molecule has 0 N–H and O–H groups in total. The maximum atomic E-state index is 5.38. The van der Waals surface area contributed by atoms with Crippen LogP contribution in [-0.2, 0) is 11.2 Å². The lowest BCUT2D eigenvalue weighted by atomic mass is 9.88. The summed E-state index contributed by atoms with van der Waals surface area (Å²) < 4.78 is 5.38. The second kappa shape index (κ2) is 8.47. The van der Waals surface area contributed by atoms with E-state index in [4.69, 9.17) is 4.74 Å². The first-order chi connectivity index (χ1) is 10.0. The van der Waals surface area contributed by atoms with Crippen LogP contribution >= 0.6 is 21.6 Å². The van der Waals surface area contributed by atoms with Crippen LogP contribution in [0.3, 0.4) is 0 Å². The standard InChI is InChI=1S/C17H27NOS2/c1-17(2,3)14-15-6-4-5-7-16(15)21-20-13-10-18-8-11-19-12-9-18/h4-7H,8-14H2,1-3H3. The molecule has 118 valence electrons. The lowest BCUT2D eigenvalue weighted by Crippen LogP contribution is -2.37. The molecule has 21 heavy (non-hydrogen) atoms. The largest absolute Gasteiger partial charge is 0.379 e. The van der Waals surface area contributed by atoms with E-state index in [2.05, 4.69) is 49.9 Å². The van der Waals surface area contributed by atoms with Crippen molar-refractivity contribution < 1.29 is 4.74 Å².